The molecule has 22 heavy (non-hydrogen) atoms. The topological polar surface area (TPSA) is 69.6 Å². The molecule has 0 aliphatic carbocycles. The molecule has 1 fully saturated rings. The van der Waals surface area contributed by atoms with Crippen LogP contribution in [0.5, 0.6) is 0 Å². The van der Waals surface area contributed by atoms with Crippen LogP contribution in [0.15, 0.2) is 24.3 Å². The molecule has 2 unspecified atom stereocenters. The van der Waals surface area contributed by atoms with Crippen molar-refractivity contribution in [3.8, 4) is 0 Å². The van der Waals surface area contributed by atoms with Crippen LogP contribution in [0, 0.1) is 5.41 Å². The molecule has 0 spiro atoms. The average Bonchev–Trinajstić information content (AvgIpc) is 2.91. The fourth-order valence-corrected chi connectivity index (χ4v) is 2.74. The number of carboxylic acid groups (broad SMARTS) is 1. The van der Waals surface area contributed by atoms with Crippen LogP contribution in [0.1, 0.15) is 32.8 Å². The molecular weight excluding hydrogens is 280 g/mol. The Morgan fingerprint density at radius 3 is 2.50 bits per heavy atom. The molecule has 1 aromatic rings. The third-order valence-electron chi connectivity index (χ3n) is 4.58. The Bertz CT molecular complexity index is 556. The van der Waals surface area contributed by atoms with E-state index in [9.17, 15) is 14.7 Å². The van der Waals surface area contributed by atoms with Gasteiger partial charge in [0.1, 0.15) is 0 Å². The van der Waals surface area contributed by atoms with Gasteiger partial charge in [-0.15, -0.1) is 0 Å². The Balaban J connectivity index is 1.96. The Morgan fingerprint density at radius 1 is 1.36 bits per heavy atom. The van der Waals surface area contributed by atoms with E-state index in [-0.39, 0.29) is 11.9 Å². The molecule has 2 rings (SSSR count). The zero-order chi connectivity index (χ0) is 16.3. The Morgan fingerprint density at radius 2 is 2.00 bits per heavy atom. The van der Waals surface area contributed by atoms with E-state index in [1.807, 2.05) is 36.1 Å². The lowest BCUT2D eigenvalue weighted by Crippen LogP contribution is -2.42. The predicted octanol–water partition coefficient (Wildman–Crippen LogP) is 2.37. The second-order valence-electron chi connectivity index (χ2n) is 6.30. The standard InChI is InChI=1S/C17H24N2O3/c1-4-13-5-7-14(8-6-13)18-15(20)12(2)19-10-9-17(3,11-19)16(21)22/h5-8,12H,4,9-11H2,1-3H3,(H,18,20)(H,21,22). The zero-order valence-corrected chi connectivity index (χ0v) is 13.4. The van der Waals surface area contributed by atoms with E-state index in [0.29, 0.717) is 19.5 Å². The number of hydrogen-bond acceptors (Lipinski definition) is 3. The van der Waals surface area contributed by atoms with Gasteiger partial charge in [-0.3, -0.25) is 14.5 Å². The molecule has 0 bridgehead atoms. The van der Waals surface area contributed by atoms with Crippen LogP contribution < -0.4 is 5.32 Å². The first-order valence-corrected chi connectivity index (χ1v) is 7.73. The zero-order valence-electron chi connectivity index (χ0n) is 13.4. The molecule has 1 aliphatic rings. The van der Waals surface area contributed by atoms with Crippen LogP contribution in [-0.2, 0) is 16.0 Å². The summed E-state index contributed by atoms with van der Waals surface area (Å²) in [5, 5.41) is 12.2. The summed E-state index contributed by atoms with van der Waals surface area (Å²) in [6, 6.07) is 7.45. The highest BCUT2D eigenvalue weighted by Crippen LogP contribution is 2.31. The van der Waals surface area contributed by atoms with Crippen LogP contribution in [0.25, 0.3) is 0 Å². The lowest BCUT2D eigenvalue weighted by molar-refractivity contribution is -0.147. The maximum atomic E-state index is 12.3. The number of amides is 1. The molecule has 1 aliphatic heterocycles. The molecule has 1 amide bonds. The van der Waals surface area contributed by atoms with Gasteiger partial charge in [0.25, 0.3) is 0 Å². The summed E-state index contributed by atoms with van der Waals surface area (Å²) in [4.78, 5) is 25.6. The number of carbonyl (C=O) groups excluding carboxylic acids is 1. The molecule has 1 saturated heterocycles. The van der Waals surface area contributed by atoms with Gasteiger partial charge in [-0.1, -0.05) is 19.1 Å². The van der Waals surface area contributed by atoms with Gasteiger partial charge in [0, 0.05) is 18.8 Å². The number of hydrogen-bond donors (Lipinski definition) is 2. The number of carboxylic acids is 1. The monoisotopic (exact) mass is 304 g/mol. The summed E-state index contributed by atoms with van der Waals surface area (Å²) in [7, 11) is 0. The van der Waals surface area contributed by atoms with Crippen molar-refractivity contribution in [1.82, 2.24) is 4.90 Å². The largest absolute Gasteiger partial charge is 0.481 e. The molecule has 120 valence electrons. The molecule has 0 radical (unpaired) electrons. The number of likely N-dealkylation sites (tertiary alicyclic amines) is 1. The summed E-state index contributed by atoms with van der Waals surface area (Å²) >= 11 is 0. The normalized spacial score (nSPS) is 23.2. The molecular formula is C17H24N2O3. The number of aliphatic carboxylic acids is 1. The van der Waals surface area contributed by atoms with E-state index in [4.69, 9.17) is 0 Å². The summed E-state index contributed by atoms with van der Waals surface area (Å²) in [5.41, 5.74) is 1.24. The van der Waals surface area contributed by atoms with Gasteiger partial charge in [0.05, 0.1) is 11.5 Å². The van der Waals surface area contributed by atoms with Gasteiger partial charge in [-0.05, 0) is 44.4 Å². The lowest BCUT2D eigenvalue weighted by atomic mass is 9.90. The highest BCUT2D eigenvalue weighted by atomic mass is 16.4. The maximum Gasteiger partial charge on any atom is 0.310 e. The SMILES string of the molecule is CCc1ccc(NC(=O)C(C)N2CCC(C)(C(=O)O)C2)cc1. The van der Waals surface area contributed by atoms with Crippen LogP contribution in [0.2, 0.25) is 0 Å². The fourth-order valence-electron chi connectivity index (χ4n) is 2.74. The average molecular weight is 304 g/mol. The number of rotatable bonds is 5. The van der Waals surface area contributed by atoms with Crippen LogP contribution in [0.3, 0.4) is 0 Å². The number of carbonyl (C=O) groups is 2. The molecule has 2 atom stereocenters. The third-order valence-corrected chi connectivity index (χ3v) is 4.58. The van der Waals surface area contributed by atoms with Gasteiger partial charge in [0.15, 0.2) is 0 Å². The van der Waals surface area contributed by atoms with E-state index in [1.54, 1.807) is 6.92 Å². The van der Waals surface area contributed by atoms with E-state index >= 15 is 0 Å². The number of benzene rings is 1. The first-order valence-electron chi connectivity index (χ1n) is 7.73. The van der Waals surface area contributed by atoms with Crippen molar-refractivity contribution < 1.29 is 14.7 Å². The summed E-state index contributed by atoms with van der Waals surface area (Å²) in [6.45, 7) is 6.69. The Kier molecular flexibility index (Phi) is 4.86. The van der Waals surface area contributed by atoms with Gasteiger partial charge < -0.3 is 10.4 Å². The first-order chi connectivity index (χ1) is 10.4. The van der Waals surface area contributed by atoms with Crippen molar-refractivity contribution in [2.45, 2.75) is 39.7 Å². The second-order valence-corrected chi connectivity index (χ2v) is 6.30. The van der Waals surface area contributed by atoms with Crippen LogP contribution in [-0.4, -0.2) is 41.0 Å². The van der Waals surface area contributed by atoms with Crippen LogP contribution >= 0.6 is 0 Å². The smallest absolute Gasteiger partial charge is 0.310 e. The highest BCUT2D eigenvalue weighted by Gasteiger charge is 2.42. The molecule has 5 heteroatoms. The van der Waals surface area contributed by atoms with Crippen molar-refractivity contribution >= 4 is 17.6 Å². The molecule has 0 saturated carbocycles. The molecule has 5 nitrogen and oxygen atoms in total. The molecule has 1 heterocycles. The number of nitrogens with zero attached hydrogens (tertiary/aromatic N) is 1. The van der Waals surface area contributed by atoms with Gasteiger partial charge in [0.2, 0.25) is 5.91 Å². The summed E-state index contributed by atoms with van der Waals surface area (Å²) < 4.78 is 0. The fraction of sp³-hybridized carbons (Fsp3) is 0.529. The van der Waals surface area contributed by atoms with E-state index in [0.717, 1.165) is 12.1 Å². The lowest BCUT2D eigenvalue weighted by Gasteiger charge is -2.25. The first kappa shape index (κ1) is 16.5. The Labute approximate surface area is 131 Å². The van der Waals surface area contributed by atoms with Crippen LogP contribution in [0.4, 0.5) is 5.69 Å². The number of aryl methyl sites for hydroxylation is 1. The van der Waals surface area contributed by atoms with Crippen molar-refractivity contribution in [1.29, 1.82) is 0 Å². The van der Waals surface area contributed by atoms with E-state index < -0.39 is 11.4 Å². The minimum Gasteiger partial charge on any atom is -0.481 e. The molecule has 0 aromatic heterocycles. The molecule has 1 aromatic carbocycles. The second kappa shape index (κ2) is 6.48. The van der Waals surface area contributed by atoms with Gasteiger partial charge >= 0.3 is 5.97 Å². The number of anilines is 1. The van der Waals surface area contributed by atoms with Gasteiger partial charge in [-0.2, -0.15) is 0 Å². The van der Waals surface area contributed by atoms with E-state index in [1.165, 1.54) is 5.56 Å². The van der Waals surface area contributed by atoms with Crippen molar-refractivity contribution in [2.24, 2.45) is 5.41 Å². The third kappa shape index (κ3) is 3.47. The maximum absolute atomic E-state index is 12.3. The number of nitrogens with one attached hydrogen (secondary N) is 1. The van der Waals surface area contributed by atoms with E-state index in [2.05, 4.69) is 12.2 Å². The van der Waals surface area contributed by atoms with Crippen molar-refractivity contribution in [3.63, 3.8) is 0 Å². The Hall–Kier alpha value is -1.88. The summed E-state index contributed by atoms with van der Waals surface area (Å²) in [6.07, 6.45) is 1.54. The minimum atomic E-state index is -0.794. The predicted molar refractivity (Wildman–Crippen MR) is 85.8 cm³/mol. The van der Waals surface area contributed by atoms with Crippen molar-refractivity contribution in [3.05, 3.63) is 29.8 Å². The highest BCUT2D eigenvalue weighted by molar-refractivity contribution is 5.94. The minimum absolute atomic E-state index is 0.0983. The van der Waals surface area contributed by atoms with Gasteiger partial charge in [-0.25, -0.2) is 0 Å². The van der Waals surface area contributed by atoms with Crippen molar-refractivity contribution in [2.75, 3.05) is 18.4 Å². The molecule has 2 N–H and O–H groups in total. The summed E-state index contributed by atoms with van der Waals surface area (Å²) in [5.74, 6) is -0.892. The quantitative estimate of drug-likeness (QED) is 0.876.